The van der Waals surface area contributed by atoms with Crippen LogP contribution in [0.5, 0.6) is 5.75 Å². The van der Waals surface area contributed by atoms with E-state index in [4.69, 9.17) is 13.7 Å². The summed E-state index contributed by atoms with van der Waals surface area (Å²) in [6.45, 7) is 8.56. The average Bonchev–Trinajstić information content (AvgIpc) is 2.68. The van der Waals surface area contributed by atoms with Gasteiger partial charge in [-0.3, -0.25) is 4.18 Å². The molecule has 0 spiro atoms. The van der Waals surface area contributed by atoms with E-state index in [1.807, 2.05) is 20.8 Å². The molecule has 34 heavy (non-hydrogen) atoms. The number of hydrogen-bond donors (Lipinski definition) is 0. The maximum atomic E-state index is 15.6. The first-order valence-corrected chi connectivity index (χ1v) is 13.2. The smallest absolute Gasteiger partial charge is 0.320 e. The van der Waals surface area contributed by atoms with E-state index in [-0.39, 0.29) is 24.4 Å². The minimum atomic E-state index is -5.13. The second-order valence-corrected chi connectivity index (χ2v) is 14.4. The number of halogens is 2. The number of methoxy groups -OCH3 is 2. The van der Waals surface area contributed by atoms with Crippen molar-refractivity contribution in [1.29, 1.82) is 0 Å². The fraction of sp³-hybridized carbons (Fsp3) is 0.727. The van der Waals surface area contributed by atoms with Crippen molar-refractivity contribution in [1.82, 2.24) is 0 Å². The van der Waals surface area contributed by atoms with Crippen molar-refractivity contribution in [3.8, 4) is 5.75 Å². The molecule has 1 aromatic rings. The van der Waals surface area contributed by atoms with Crippen LogP contribution in [0.3, 0.4) is 0 Å². The Labute approximate surface area is 202 Å². The maximum Gasteiger partial charge on any atom is 0.320 e. The lowest BCUT2D eigenvalue weighted by molar-refractivity contribution is -0.0657. The van der Waals surface area contributed by atoms with Gasteiger partial charge in [-0.25, -0.2) is 8.78 Å². The molecule has 0 fully saturated rings. The van der Waals surface area contributed by atoms with Crippen molar-refractivity contribution in [2.24, 2.45) is 0 Å². The maximum absolute atomic E-state index is 15.6. The van der Waals surface area contributed by atoms with Gasteiger partial charge in [0.25, 0.3) is 16.0 Å². The Morgan fingerprint density at radius 2 is 1.12 bits per heavy atom. The lowest BCUT2D eigenvalue weighted by Gasteiger charge is -2.41. The molecule has 1 aromatic carbocycles. The van der Waals surface area contributed by atoms with Crippen LogP contribution in [0.25, 0.3) is 0 Å². The molecular weight excluding hydrogens is 494 g/mol. The highest BCUT2D eigenvalue weighted by Crippen LogP contribution is 2.48. The molecule has 1 rings (SSSR count). The molecule has 0 heterocycles. The summed E-state index contributed by atoms with van der Waals surface area (Å²) in [6, 6.07) is 3.36. The summed E-state index contributed by atoms with van der Waals surface area (Å²) in [5, 5.41) is 0. The van der Waals surface area contributed by atoms with Gasteiger partial charge in [-0.05, 0) is 50.8 Å². The van der Waals surface area contributed by atoms with Gasteiger partial charge in [-0.1, -0.05) is 20.8 Å². The molecule has 0 aromatic heterocycles. The molecule has 12 heteroatoms. The summed E-state index contributed by atoms with van der Waals surface area (Å²) in [6.07, 6.45) is 0. The van der Waals surface area contributed by atoms with Crippen LogP contribution in [0.4, 0.5) is 8.78 Å². The first-order chi connectivity index (χ1) is 15.1. The third kappa shape index (κ3) is 5.40. The number of rotatable bonds is 11. The highest BCUT2D eigenvalue weighted by Gasteiger charge is 2.69. The Morgan fingerprint density at radius 1 is 0.735 bits per heavy atom. The summed E-state index contributed by atoms with van der Waals surface area (Å²) < 4.78 is 96.4. The molecule has 0 amide bonds. The van der Waals surface area contributed by atoms with E-state index >= 15 is 8.78 Å². The molecule has 0 saturated carbocycles. The molecule has 198 valence electrons. The molecule has 0 N–H and O–H groups in total. The summed E-state index contributed by atoms with van der Waals surface area (Å²) in [5.41, 5.74) is 1.13. The summed E-state index contributed by atoms with van der Waals surface area (Å²) >= 11 is 0. The van der Waals surface area contributed by atoms with E-state index in [0.29, 0.717) is 38.8 Å². The van der Waals surface area contributed by atoms with Crippen molar-refractivity contribution in [2.45, 2.75) is 82.5 Å². The highest BCUT2D eigenvalue weighted by molar-refractivity contribution is 7.89. The van der Waals surface area contributed by atoms with Crippen molar-refractivity contribution in [3.05, 3.63) is 28.8 Å². The molecule has 0 saturated heterocycles. The molecule has 8 nitrogen and oxygen atoms in total. The summed E-state index contributed by atoms with van der Waals surface area (Å²) in [7, 11) is -6.44. The van der Waals surface area contributed by atoms with E-state index in [9.17, 15) is 16.8 Å². The standard InChI is InChI=1S/C22H36F2O8S2/c1-19(2,3)17-11-15(13-29-8)18(16(12-17)14-30-9)32-34(27,28)21(6,7)22(23,24)20(4,5)33(25,26)31-10/h11-12H,13-14H2,1-10H3. The number of benzene rings is 1. The number of ether oxygens (including phenoxy) is 2. The van der Waals surface area contributed by atoms with Gasteiger partial charge in [0.15, 0.2) is 15.2 Å². The monoisotopic (exact) mass is 530 g/mol. The SMILES string of the molecule is COCc1cc(C(C)(C)C)cc(COC)c1OS(=O)(=O)C(C)(C)C(F)(F)C(C)(C)S(=O)(=O)OC. The van der Waals surface area contributed by atoms with Gasteiger partial charge >= 0.3 is 10.1 Å². The lowest BCUT2D eigenvalue weighted by atomic mass is 9.85. The first kappa shape index (κ1) is 30.7. The Balaban J connectivity index is 3.77. The van der Waals surface area contributed by atoms with E-state index in [1.54, 1.807) is 12.1 Å². The molecule has 0 aliphatic heterocycles. The Kier molecular flexibility index (Phi) is 8.99. The van der Waals surface area contributed by atoms with Crippen LogP contribution in [-0.4, -0.2) is 53.6 Å². The largest absolute Gasteiger partial charge is 0.381 e. The van der Waals surface area contributed by atoms with Crippen LogP contribution >= 0.6 is 0 Å². The summed E-state index contributed by atoms with van der Waals surface area (Å²) in [5.74, 6) is -4.53. The molecule has 0 unspecified atom stereocenters. The topological polar surface area (TPSA) is 105 Å². The Bertz CT molecular complexity index is 1060. The normalized spacial score (nSPS) is 14.4. The predicted molar refractivity (Wildman–Crippen MR) is 125 cm³/mol. The van der Waals surface area contributed by atoms with Crippen LogP contribution < -0.4 is 4.18 Å². The van der Waals surface area contributed by atoms with Crippen LogP contribution in [-0.2, 0) is 52.5 Å². The molecule has 0 radical (unpaired) electrons. The van der Waals surface area contributed by atoms with Gasteiger partial charge in [-0.2, -0.15) is 16.8 Å². The van der Waals surface area contributed by atoms with Crippen LogP contribution in [0.15, 0.2) is 12.1 Å². The van der Waals surface area contributed by atoms with E-state index in [0.717, 1.165) is 12.7 Å². The first-order valence-electron chi connectivity index (χ1n) is 10.4. The highest BCUT2D eigenvalue weighted by atomic mass is 32.2. The second kappa shape index (κ2) is 9.96. The minimum Gasteiger partial charge on any atom is -0.381 e. The quantitative estimate of drug-likeness (QED) is 0.393. The fourth-order valence-electron chi connectivity index (χ4n) is 3.28. The van der Waals surface area contributed by atoms with E-state index in [2.05, 4.69) is 4.18 Å². The zero-order valence-corrected chi connectivity index (χ0v) is 23.0. The zero-order chi connectivity index (χ0) is 27.0. The van der Waals surface area contributed by atoms with E-state index in [1.165, 1.54) is 14.2 Å². The average molecular weight is 531 g/mol. The van der Waals surface area contributed by atoms with Crippen LogP contribution in [0, 0.1) is 0 Å². The third-order valence-electron chi connectivity index (χ3n) is 5.88. The van der Waals surface area contributed by atoms with Gasteiger partial charge in [-0.15, -0.1) is 0 Å². The third-order valence-corrected chi connectivity index (χ3v) is 9.72. The Morgan fingerprint density at radius 3 is 1.44 bits per heavy atom. The molecule has 0 aliphatic carbocycles. The van der Waals surface area contributed by atoms with Crippen molar-refractivity contribution in [3.63, 3.8) is 0 Å². The zero-order valence-electron chi connectivity index (χ0n) is 21.4. The molecule has 0 atom stereocenters. The second-order valence-electron chi connectivity index (χ2n) is 9.99. The number of alkyl halides is 2. The lowest BCUT2D eigenvalue weighted by Crippen LogP contribution is -2.64. The van der Waals surface area contributed by atoms with Crippen LogP contribution in [0.2, 0.25) is 0 Å². The van der Waals surface area contributed by atoms with Crippen molar-refractivity contribution < 1.29 is 43.5 Å². The van der Waals surface area contributed by atoms with Gasteiger partial charge in [0, 0.05) is 25.3 Å². The molecular formula is C22H36F2O8S2. The minimum absolute atomic E-state index is 0.0636. The van der Waals surface area contributed by atoms with Gasteiger partial charge in [0.2, 0.25) is 0 Å². The predicted octanol–water partition coefficient (Wildman–Crippen LogP) is 4.15. The van der Waals surface area contributed by atoms with Crippen LogP contribution in [0.1, 0.15) is 65.2 Å². The molecule has 0 bridgehead atoms. The van der Waals surface area contributed by atoms with Crippen molar-refractivity contribution in [2.75, 3.05) is 21.3 Å². The number of hydrogen-bond acceptors (Lipinski definition) is 8. The van der Waals surface area contributed by atoms with Crippen molar-refractivity contribution >= 4 is 20.2 Å². The van der Waals surface area contributed by atoms with E-state index < -0.39 is 35.7 Å². The van der Waals surface area contributed by atoms with Gasteiger partial charge < -0.3 is 13.7 Å². The molecule has 0 aliphatic rings. The summed E-state index contributed by atoms with van der Waals surface area (Å²) in [4.78, 5) is 0. The van der Waals surface area contributed by atoms with Gasteiger partial charge in [0.1, 0.15) is 0 Å². The van der Waals surface area contributed by atoms with Gasteiger partial charge in [0.05, 0.1) is 20.3 Å². The Hall–Kier alpha value is -1.34. The fourth-order valence-corrected chi connectivity index (χ4v) is 5.54.